The first-order chi connectivity index (χ1) is 11.2. The summed E-state index contributed by atoms with van der Waals surface area (Å²) < 4.78 is 10.8. The molecule has 1 saturated heterocycles. The molecule has 0 atom stereocenters. The Kier molecular flexibility index (Phi) is 4.15. The number of carbonyl (C=O) groups is 1. The van der Waals surface area contributed by atoms with E-state index in [4.69, 9.17) is 14.4 Å². The Balaban J connectivity index is 1.42. The van der Waals surface area contributed by atoms with E-state index in [9.17, 15) is 4.79 Å². The summed E-state index contributed by atoms with van der Waals surface area (Å²) in [5.41, 5.74) is 1.32. The Labute approximate surface area is 133 Å². The predicted molar refractivity (Wildman–Crippen MR) is 80.6 cm³/mol. The van der Waals surface area contributed by atoms with Gasteiger partial charge in [0.25, 0.3) is 0 Å². The minimum atomic E-state index is -0.146. The molecule has 0 unspecified atom stereocenters. The fourth-order valence-electron chi connectivity index (χ4n) is 2.25. The van der Waals surface area contributed by atoms with E-state index in [2.05, 4.69) is 16.4 Å². The van der Waals surface area contributed by atoms with Crippen molar-refractivity contribution in [3.8, 4) is 11.8 Å². The molecule has 0 saturated carbocycles. The summed E-state index contributed by atoms with van der Waals surface area (Å²) in [6.45, 7) is 3.21. The zero-order valence-electron chi connectivity index (χ0n) is 12.7. The molecule has 1 aromatic heterocycles. The first kappa shape index (κ1) is 14.9. The van der Waals surface area contributed by atoms with E-state index in [0.29, 0.717) is 36.7 Å². The number of nitriles is 1. The summed E-state index contributed by atoms with van der Waals surface area (Å²) in [6.07, 6.45) is 1.34. The number of carbonyl (C=O) groups excluding carboxylic acids is 1. The van der Waals surface area contributed by atoms with Gasteiger partial charge in [0.2, 0.25) is 0 Å². The van der Waals surface area contributed by atoms with E-state index < -0.39 is 0 Å². The molecule has 2 amide bonds. The molecule has 0 radical (unpaired) electrons. The van der Waals surface area contributed by atoms with E-state index in [1.165, 1.54) is 6.39 Å². The van der Waals surface area contributed by atoms with Crippen LogP contribution in [0.4, 0.5) is 4.79 Å². The molecule has 7 nitrogen and oxygen atoms in total. The van der Waals surface area contributed by atoms with Gasteiger partial charge >= 0.3 is 6.03 Å². The van der Waals surface area contributed by atoms with E-state index >= 15 is 0 Å². The number of nitrogens with one attached hydrogen (secondary N) is 1. The topological polar surface area (TPSA) is 91.4 Å². The number of ether oxygens (including phenoxy) is 1. The van der Waals surface area contributed by atoms with Gasteiger partial charge in [-0.3, -0.25) is 0 Å². The second-order valence-electron chi connectivity index (χ2n) is 5.29. The van der Waals surface area contributed by atoms with Crippen LogP contribution in [0.25, 0.3) is 0 Å². The zero-order valence-corrected chi connectivity index (χ0v) is 12.7. The van der Waals surface area contributed by atoms with Crippen LogP contribution in [0.2, 0.25) is 0 Å². The number of hydrogen-bond acceptors (Lipinski definition) is 5. The smallest absolute Gasteiger partial charge is 0.317 e. The van der Waals surface area contributed by atoms with Crippen LogP contribution >= 0.6 is 0 Å². The molecule has 2 heterocycles. The minimum Gasteiger partial charge on any atom is -0.487 e. The lowest BCUT2D eigenvalue weighted by molar-refractivity contribution is 0.0443. The number of benzene rings is 1. The van der Waals surface area contributed by atoms with Gasteiger partial charge in [0.1, 0.15) is 23.3 Å². The Morgan fingerprint density at radius 2 is 2.22 bits per heavy atom. The molecule has 0 bridgehead atoms. The Morgan fingerprint density at radius 1 is 1.48 bits per heavy atom. The first-order valence-corrected chi connectivity index (χ1v) is 7.24. The Bertz CT molecular complexity index is 727. The fourth-order valence-corrected chi connectivity index (χ4v) is 2.25. The molecule has 1 aliphatic rings. The largest absolute Gasteiger partial charge is 0.487 e. The number of aromatic nitrogens is 1. The van der Waals surface area contributed by atoms with Gasteiger partial charge < -0.3 is 19.4 Å². The average Bonchev–Trinajstić information content (AvgIpc) is 2.94. The Hall–Kier alpha value is -3.01. The van der Waals surface area contributed by atoms with Crippen LogP contribution in [-0.4, -0.2) is 35.1 Å². The molecular formula is C16H16N4O3. The standard InChI is InChI=1S/C16H16N4O3/c1-11-15(19-10-22-11)7-18-16(21)20-8-14(9-20)23-13-4-2-12(6-17)3-5-13/h2-5,10,14H,7-9H2,1H3,(H,18,21). The van der Waals surface area contributed by atoms with Gasteiger partial charge in [-0.1, -0.05) is 0 Å². The third-order valence-electron chi connectivity index (χ3n) is 3.67. The average molecular weight is 312 g/mol. The highest BCUT2D eigenvalue weighted by atomic mass is 16.5. The summed E-state index contributed by atoms with van der Waals surface area (Å²) in [5.74, 6) is 1.41. The summed E-state index contributed by atoms with van der Waals surface area (Å²) in [7, 11) is 0. The van der Waals surface area contributed by atoms with Gasteiger partial charge in [0.15, 0.2) is 6.39 Å². The van der Waals surface area contributed by atoms with E-state index in [0.717, 1.165) is 5.69 Å². The Morgan fingerprint density at radius 3 is 2.83 bits per heavy atom. The van der Waals surface area contributed by atoms with Crippen molar-refractivity contribution in [3.05, 3.63) is 47.7 Å². The number of oxazole rings is 1. The van der Waals surface area contributed by atoms with Crippen LogP contribution < -0.4 is 10.1 Å². The van der Waals surface area contributed by atoms with Gasteiger partial charge in [-0.15, -0.1) is 0 Å². The zero-order chi connectivity index (χ0) is 16.2. The van der Waals surface area contributed by atoms with Crippen LogP contribution in [0, 0.1) is 18.3 Å². The quantitative estimate of drug-likeness (QED) is 0.930. The van der Waals surface area contributed by atoms with Crippen molar-refractivity contribution in [3.63, 3.8) is 0 Å². The number of hydrogen-bond donors (Lipinski definition) is 1. The molecule has 7 heteroatoms. The van der Waals surface area contributed by atoms with Gasteiger partial charge in [0, 0.05) is 0 Å². The lowest BCUT2D eigenvalue weighted by atomic mass is 10.1. The highest BCUT2D eigenvalue weighted by molar-refractivity contribution is 5.75. The SMILES string of the molecule is Cc1ocnc1CNC(=O)N1CC(Oc2ccc(C#N)cc2)C1. The summed E-state index contributed by atoms with van der Waals surface area (Å²) >= 11 is 0. The maximum atomic E-state index is 12.0. The van der Waals surface area contributed by atoms with Gasteiger partial charge in [-0.2, -0.15) is 5.26 Å². The van der Waals surface area contributed by atoms with Gasteiger partial charge in [-0.25, -0.2) is 9.78 Å². The van der Waals surface area contributed by atoms with E-state index in [1.54, 1.807) is 36.1 Å². The van der Waals surface area contributed by atoms with Crippen molar-refractivity contribution >= 4 is 6.03 Å². The van der Waals surface area contributed by atoms with Crippen molar-refractivity contribution in [2.75, 3.05) is 13.1 Å². The predicted octanol–water partition coefficient (Wildman–Crippen LogP) is 1.83. The highest BCUT2D eigenvalue weighted by Crippen LogP contribution is 2.18. The third kappa shape index (κ3) is 3.43. The molecule has 1 N–H and O–H groups in total. The maximum Gasteiger partial charge on any atom is 0.317 e. The number of aryl methyl sites for hydroxylation is 1. The molecule has 1 aromatic carbocycles. The molecule has 1 aliphatic heterocycles. The summed E-state index contributed by atoms with van der Waals surface area (Å²) in [5, 5.41) is 11.5. The second kappa shape index (κ2) is 6.40. The molecular weight excluding hydrogens is 296 g/mol. The van der Waals surface area contributed by atoms with E-state index in [-0.39, 0.29) is 12.1 Å². The van der Waals surface area contributed by atoms with Crippen LogP contribution in [0.15, 0.2) is 35.1 Å². The molecule has 118 valence electrons. The van der Waals surface area contributed by atoms with E-state index in [1.807, 2.05) is 0 Å². The molecule has 2 aromatic rings. The lowest BCUT2D eigenvalue weighted by Crippen LogP contribution is -2.58. The number of amides is 2. The number of nitrogens with zero attached hydrogens (tertiary/aromatic N) is 3. The van der Waals surface area contributed by atoms with Crippen LogP contribution in [-0.2, 0) is 6.54 Å². The number of likely N-dealkylation sites (tertiary alicyclic amines) is 1. The van der Waals surface area contributed by atoms with Crippen molar-refractivity contribution < 1.29 is 13.9 Å². The molecule has 23 heavy (non-hydrogen) atoms. The van der Waals surface area contributed by atoms with Crippen LogP contribution in [0.5, 0.6) is 5.75 Å². The van der Waals surface area contributed by atoms with Crippen molar-refractivity contribution in [2.24, 2.45) is 0 Å². The van der Waals surface area contributed by atoms with Gasteiger partial charge in [0.05, 0.1) is 31.3 Å². The molecule has 3 rings (SSSR count). The maximum absolute atomic E-state index is 12.0. The van der Waals surface area contributed by atoms with Crippen LogP contribution in [0.1, 0.15) is 17.0 Å². The number of urea groups is 1. The third-order valence-corrected chi connectivity index (χ3v) is 3.67. The highest BCUT2D eigenvalue weighted by Gasteiger charge is 2.32. The van der Waals surface area contributed by atoms with Crippen molar-refractivity contribution in [1.82, 2.24) is 15.2 Å². The summed E-state index contributed by atoms with van der Waals surface area (Å²) in [4.78, 5) is 17.7. The second-order valence-corrected chi connectivity index (χ2v) is 5.29. The molecule has 0 aliphatic carbocycles. The molecule has 0 spiro atoms. The van der Waals surface area contributed by atoms with Crippen molar-refractivity contribution in [2.45, 2.75) is 19.6 Å². The summed E-state index contributed by atoms with van der Waals surface area (Å²) in [6, 6.07) is 8.84. The monoisotopic (exact) mass is 312 g/mol. The molecule has 1 fully saturated rings. The number of rotatable bonds is 4. The first-order valence-electron chi connectivity index (χ1n) is 7.24. The lowest BCUT2D eigenvalue weighted by Gasteiger charge is -2.38. The van der Waals surface area contributed by atoms with Crippen molar-refractivity contribution in [1.29, 1.82) is 5.26 Å². The minimum absolute atomic E-state index is 0.0255. The fraction of sp³-hybridized carbons (Fsp3) is 0.312. The van der Waals surface area contributed by atoms with Gasteiger partial charge in [-0.05, 0) is 31.2 Å². The van der Waals surface area contributed by atoms with Crippen LogP contribution in [0.3, 0.4) is 0 Å². The normalized spacial score (nSPS) is 14.0.